The zero-order valence-corrected chi connectivity index (χ0v) is 17.6. The fourth-order valence-corrected chi connectivity index (χ4v) is 3.33. The molecule has 3 aromatic rings. The van der Waals surface area contributed by atoms with Gasteiger partial charge in [0.25, 0.3) is 0 Å². The smallest absolute Gasteiger partial charge is 0.243 e. The standard InChI is InChI=1S/C20H24BrN5O2/c1-3-10-26-20(23-24-25-26)22-13-16-11-17(21)19(18(12-16)27-4-2)28-14-15-8-6-5-7-9-15/h5-9,11-12H,3-4,10,13-14H2,1-2H3,(H,22,23,25). The third-order valence-corrected chi connectivity index (χ3v) is 4.60. The Labute approximate surface area is 173 Å². The van der Waals surface area contributed by atoms with E-state index in [0.717, 1.165) is 28.6 Å². The van der Waals surface area contributed by atoms with E-state index >= 15 is 0 Å². The normalized spacial score (nSPS) is 10.7. The second-order valence-electron chi connectivity index (χ2n) is 6.19. The molecule has 7 nitrogen and oxygen atoms in total. The zero-order chi connectivity index (χ0) is 19.8. The van der Waals surface area contributed by atoms with Crippen LogP contribution < -0.4 is 14.8 Å². The van der Waals surface area contributed by atoms with E-state index in [2.05, 4.69) is 43.7 Å². The van der Waals surface area contributed by atoms with Crippen LogP contribution in [-0.2, 0) is 19.7 Å². The third-order valence-electron chi connectivity index (χ3n) is 4.01. The van der Waals surface area contributed by atoms with Gasteiger partial charge in [-0.1, -0.05) is 42.4 Å². The highest BCUT2D eigenvalue weighted by Gasteiger charge is 2.13. The fourth-order valence-electron chi connectivity index (χ4n) is 2.73. The largest absolute Gasteiger partial charge is 0.490 e. The number of rotatable bonds is 10. The minimum absolute atomic E-state index is 0.475. The maximum atomic E-state index is 6.03. The minimum atomic E-state index is 0.475. The summed E-state index contributed by atoms with van der Waals surface area (Å²) in [6.07, 6.45) is 0.965. The minimum Gasteiger partial charge on any atom is -0.490 e. The van der Waals surface area contributed by atoms with Crippen molar-refractivity contribution in [3.8, 4) is 11.5 Å². The van der Waals surface area contributed by atoms with Gasteiger partial charge >= 0.3 is 0 Å². The van der Waals surface area contributed by atoms with Crippen molar-refractivity contribution in [1.82, 2.24) is 20.2 Å². The first-order valence-corrected chi connectivity index (χ1v) is 10.1. The number of benzene rings is 2. The molecular weight excluding hydrogens is 422 g/mol. The number of nitrogens with one attached hydrogen (secondary N) is 1. The monoisotopic (exact) mass is 445 g/mol. The van der Waals surface area contributed by atoms with Crippen LogP contribution in [0.25, 0.3) is 0 Å². The van der Waals surface area contributed by atoms with E-state index in [9.17, 15) is 0 Å². The Morgan fingerprint density at radius 2 is 1.89 bits per heavy atom. The molecule has 0 radical (unpaired) electrons. The van der Waals surface area contributed by atoms with E-state index in [1.54, 1.807) is 4.68 Å². The molecule has 0 aliphatic carbocycles. The van der Waals surface area contributed by atoms with Gasteiger partial charge in [-0.05, 0) is 63.0 Å². The molecule has 0 fully saturated rings. The number of anilines is 1. The first-order valence-electron chi connectivity index (χ1n) is 9.33. The van der Waals surface area contributed by atoms with Crippen molar-refractivity contribution in [3.63, 3.8) is 0 Å². The molecule has 1 aromatic heterocycles. The number of halogens is 1. The lowest BCUT2D eigenvalue weighted by Gasteiger charge is -2.16. The van der Waals surface area contributed by atoms with Gasteiger partial charge in [0.1, 0.15) is 6.61 Å². The van der Waals surface area contributed by atoms with Crippen LogP contribution in [0.1, 0.15) is 31.4 Å². The van der Waals surface area contributed by atoms with Crippen molar-refractivity contribution in [2.75, 3.05) is 11.9 Å². The van der Waals surface area contributed by atoms with Crippen LogP contribution in [0, 0.1) is 0 Å². The topological polar surface area (TPSA) is 74.1 Å². The molecule has 0 unspecified atom stereocenters. The van der Waals surface area contributed by atoms with E-state index in [0.29, 0.717) is 37.2 Å². The van der Waals surface area contributed by atoms with Crippen molar-refractivity contribution in [2.24, 2.45) is 0 Å². The van der Waals surface area contributed by atoms with Crippen molar-refractivity contribution < 1.29 is 9.47 Å². The van der Waals surface area contributed by atoms with Gasteiger partial charge in [0, 0.05) is 13.1 Å². The second-order valence-corrected chi connectivity index (χ2v) is 7.05. The van der Waals surface area contributed by atoms with Crippen LogP contribution >= 0.6 is 15.9 Å². The molecule has 0 saturated heterocycles. The first-order chi connectivity index (χ1) is 13.7. The molecule has 8 heteroatoms. The van der Waals surface area contributed by atoms with Gasteiger partial charge in [0.15, 0.2) is 11.5 Å². The summed E-state index contributed by atoms with van der Waals surface area (Å²) in [5.74, 6) is 2.06. The molecule has 0 aliphatic rings. The Hall–Kier alpha value is -2.61. The van der Waals surface area contributed by atoms with Gasteiger partial charge < -0.3 is 14.8 Å². The molecule has 0 spiro atoms. The Bertz CT molecular complexity index is 886. The molecule has 3 rings (SSSR count). The van der Waals surface area contributed by atoms with Crippen LogP contribution in [0.3, 0.4) is 0 Å². The van der Waals surface area contributed by atoms with Gasteiger partial charge in [0.05, 0.1) is 11.1 Å². The molecule has 0 bridgehead atoms. The van der Waals surface area contributed by atoms with Crippen molar-refractivity contribution >= 4 is 21.9 Å². The quantitative estimate of drug-likeness (QED) is 0.497. The highest BCUT2D eigenvalue weighted by atomic mass is 79.9. The Balaban J connectivity index is 1.73. The Morgan fingerprint density at radius 3 is 2.64 bits per heavy atom. The molecule has 0 saturated carbocycles. The lowest BCUT2D eigenvalue weighted by atomic mass is 10.2. The van der Waals surface area contributed by atoms with E-state index < -0.39 is 0 Å². The average molecular weight is 446 g/mol. The predicted octanol–water partition coefficient (Wildman–Crippen LogP) is 4.44. The third kappa shape index (κ3) is 5.22. The number of aryl methyl sites for hydroxylation is 1. The van der Waals surface area contributed by atoms with Crippen LogP contribution in [0.4, 0.5) is 5.95 Å². The fraction of sp³-hybridized carbons (Fsp3) is 0.350. The summed E-state index contributed by atoms with van der Waals surface area (Å²) in [7, 11) is 0. The van der Waals surface area contributed by atoms with Crippen molar-refractivity contribution in [3.05, 3.63) is 58.1 Å². The molecular formula is C20H24BrN5O2. The maximum Gasteiger partial charge on any atom is 0.243 e. The maximum absolute atomic E-state index is 6.03. The first kappa shape index (κ1) is 20.1. The summed E-state index contributed by atoms with van der Waals surface area (Å²) < 4.78 is 14.5. The van der Waals surface area contributed by atoms with E-state index in [4.69, 9.17) is 9.47 Å². The number of hydrogen-bond acceptors (Lipinski definition) is 6. The molecule has 0 atom stereocenters. The molecule has 28 heavy (non-hydrogen) atoms. The molecule has 0 aliphatic heterocycles. The van der Waals surface area contributed by atoms with Crippen LogP contribution in [-0.4, -0.2) is 26.8 Å². The van der Waals surface area contributed by atoms with Gasteiger partial charge in [0.2, 0.25) is 5.95 Å². The van der Waals surface area contributed by atoms with E-state index in [-0.39, 0.29) is 0 Å². The number of hydrogen-bond donors (Lipinski definition) is 1. The summed E-state index contributed by atoms with van der Waals surface area (Å²) in [6, 6.07) is 14.1. The lowest BCUT2D eigenvalue weighted by molar-refractivity contribution is 0.267. The van der Waals surface area contributed by atoms with Gasteiger partial charge in [-0.2, -0.15) is 0 Å². The van der Waals surface area contributed by atoms with Crippen LogP contribution in [0.15, 0.2) is 46.9 Å². The van der Waals surface area contributed by atoms with E-state index in [1.807, 2.05) is 49.4 Å². The molecule has 2 aromatic carbocycles. The van der Waals surface area contributed by atoms with E-state index in [1.165, 1.54) is 0 Å². The number of aromatic nitrogens is 4. The molecule has 148 valence electrons. The second kappa shape index (κ2) is 10.1. The summed E-state index contributed by atoms with van der Waals surface area (Å²) >= 11 is 3.62. The highest BCUT2D eigenvalue weighted by Crippen LogP contribution is 2.37. The Kier molecular flexibility index (Phi) is 7.25. The number of tetrazole rings is 1. The SMILES string of the molecule is CCCn1nnnc1NCc1cc(Br)c(OCc2ccccc2)c(OCC)c1. The van der Waals surface area contributed by atoms with Crippen LogP contribution in [0.2, 0.25) is 0 Å². The van der Waals surface area contributed by atoms with Gasteiger partial charge in [-0.15, -0.1) is 0 Å². The average Bonchev–Trinajstić information content (AvgIpc) is 3.14. The lowest BCUT2D eigenvalue weighted by Crippen LogP contribution is -2.09. The summed E-state index contributed by atoms with van der Waals surface area (Å²) in [5, 5.41) is 15.0. The van der Waals surface area contributed by atoms with Crippen molar-refractivity contribution in [1.29, 1.82) is 0 Å². The highest BCUT2D eigenvalue weighted by molar-refractivity contribution is 9.10. The number of nitrogens with zero attached hydrogens (tertiary/aromatic N) is 4. The summed E-state index contributed by atoms with van der Waals surface area (Å²) in [5.41, 5.74) is 2.14. The van der Waals surface area contributed by atoms with Crippen molar-refractivity contribution in [2.45, 2.75) is 40.0 Å². The van der Waals surface area contributed by atoms with Crippen LogP contribution in [0.5, 0.6) is 11.5 Å². The van der Waals surface area contributed by atoms with Gasteiger partial charge in [-0.3, -0.25) is 0 Å². The molecule has 0 amide bonds. The molecule has 1 N–H and O–H groups in total. The predicted molar refractivity (Wildman–Crippen MR) is 112 cm³/mol. The summed E-state index contributed by atoms with van der Waals surface area (Å²) in [4.78, 5) is 0. The Morgan fingerprint density at radius 1 is 1.07 bits per heavy atom. The number of ether oxygens (including phenoxy) is 2. The molecule has 1 heterocycles. The van der Waals surface area contributed by atoms with Gasteiger partial charge in [-0.25, -0.2) is 4.68 Å². The summed E-state index contributed by atoms with van der Waals surface area (Å²) in [6.45, 7) is 6.42. The zero-order valence-electron chi connectivity index (χ0n) is 16.1.